The van der Waals surface area contributed by atoms with Crippen molar-refractivity contribution in [1.29, 1.82) is 0 Å². The lowest BCUT2D eigenvalue weighted by Crippen LogP contribution is -2.35. The zero-order valence-corrected chi connectivity index (χ0v) is 15.5. The third-order valence-electron chi connectivity index (χ3n) is 3.73. The van der Waals surface area contributed by atoms with Gasteiger partial charge in [0.05, 0.1) is 11.2 Å². The lowest BCUT2D eigenvalue weighted by molar-refractivity contribution is -0.123. The number of likely N-dealkylation sites (N-methyl/N-ethyl adjacent to an activating group) is 1. The number of rotatable bonds is 5. The normalized spacial score (nSPS) is 13.7. The Kier molecular flexibility index (Phi) is 6.52. The summed E-state index contributed by atoms with van der Waals surface area (Å²) in [5, 5.41) is 10.5. The fourth-order valence-corrected chi connectivity index (χ4v) is 2.88. The minimum absolute atomic E-state index is 0. The third kappa shape index (κ3) is 4.36. The molecular weight excluding hydrogens is 367 g/mol. The van der Waals surface area contributed by atoms with Gasteiger partial charge in [0.15, 0.2) is 11.5 Å². The zero-order chi connectivity index (χ0) is 17.1. The molecule has 0 saturated heterocycles. The number of halogens is 2. The van der Waals surface area contributed by atoms with Gasteiger partial charge in [-0.05, 0) is 24.7 Å². The van der Waals surface area contributed by atoms with Crippen molar-refractivity contribution in [3.8, 4) is 11.5 Å². The van der Waals surface area contributed by atoms with Crippen molar-refractivity contribution in [3.05, 3.63) is 40.7 Å². The van der Waals surface area contributed by atoms with Crippen LogP contribution in [0.2, 0.25) is 5.02 Å². The number of benzene rings is 1. The van der Waals surface area contributed by atoms with Crippen molar-refractivity contribution in [3.63, 3.8) is 0 Å². The summed E-state index contributed by atoms with van der Waals surface area (Å²) in [6.07, 6.45) is 3.48. The van der Waals surface area contributed by atoms with Crippen molar-refractivity contribution >= 4 is 29.9 Å². The van der Waals surface area contributed by atoms with E-state index in [1.54, 1.807) is 24.0 Å². The first-order valence-electron chi connectivity index (χ1n) is 7.60. The van der Waals surface area contributed by atoms with Gasteiger partial charge in [-0.15, -0.1) is 12.4 Å². The molecule has 2 aromatic rings. The molecule has 2 N–H and O–H groups in total. The fourth-order valence-electron chi connectivity index (χ4n) is 2.60. The number of fused-ring (bicyclic) bond motifs is 1. The SMILES string of the molecule is CNC(C(=O)NCc1cc(Cl)c2c(c1)OCCO2)c1cnn(C)c1.Cl. The Hall–Kier alpha value is -1.96. The number of hydrogen-bond acceptors (Lipinski definition) is 5. The number of aryl methyl sites for hydroxylation is 1. The Morgan fingerprint density at radius 2 is 2.16 bits per heavy atom. The Morgan fingerprint density at radius 3 is 2.84 bits per heavy atom. The molecule has 1 amide bonds. The quantitative estimate of drug-likeness (QED) is 0.819. The number of nitrogens with zero attached hydrogens (tertiary/aromatic N) is 2. The molecule has 25 heavy (non-hydrogen) atoms. The van der Waals surface area contributed by atoms with Crippen LogP contribution in [0.1, 0.15) is 17.2 Å². The van der Waals surface area contributed by atoms with Gasteiger partial charge in [-0.25, -0.2) is 0 Å². The van der Waals surface area contributed by atoms with E-state index in [0.29, 0.717) is 36.3 Å². The largest absolute Gasteiger partial charge is 0.486 e. The highest BCUT2D eigenvalue weighted by molar-refractivity contribution is 6.32. The van der Waals surface area contributed by atoms with E-state index in [1.165, 1.54) is 0 Å². The van der Waals surface area contributed by atoms with Gasteiger partial charge in [-0.2, -0.15) is 5.10 Å². The van der Waals surface area contributed by atoms with E-state index >= 15 is 0 Å². The van der Waals surface area contributed by atoms with Gasteiger partial charge in [-0.3, -0.25) is 9.48 Å². The van der Waals surface area contributed by atoms with Gasteiger partial charge in [-0.1, -0.05) is 11.6 Å². The van der Waals surface area contributed by atoms with E-state index in [1.807, 2.05) is 19.3 Å². The molecular formula is C16H20Cl2N4O3. The van der Waals surface area contributed by atoms with E-state index in [-0.39, 0.29) is 18.3 Å². The number of carbonyl (C=O) groups is 1. The predicted molar refractivity (Wildman–Crippen MR) is 96.5 cm³/mol. The van der Waals surface area contributed by atoms with Gasteiger partial charge in [0.2, 0.25) is 5.91 Å². The minimum atomic E-state index is -0.466. The summed E-state index contributed by atoms with van der Waals surface area (Å²) in [4.78, 5) is 12.4. The lowest BCUT2D eigenvalue weighted by Gasteiger charge is -2.20. The number of aromatic nitrogens is 2. The topological polar surface area (TPSA) is 77.4 Å². The summed E-state index contributed by atoms with van der Waals surface area (Å²) < 4.78 is 12.7. The molecule has 9 heteroatoms. The van der Waals surface area contributed by atoms with Crippen LogP contribution in [0.15, 0.2) is 24.5 Å². The molecule has 0 saturated carbocycles. The number of carbonyl (C=O) groups excluding carboxylic acids is 1. The van der Waals surface area contributed by atoms with E-state index in [4.69, 9.17) is 21.1 Å². The Labute approximate surface area is 157 Å². The summed E-state index contributed by atoms with van der Waals surface area (Å²) >= 11 is 6.21. The molecule has 2 heterocycles. The second kappa shape index (κ2) is 8.42. The highest BCUT2D eigenvalue weighted by atomic mass is 35.5. The number of nitrogens with one attached hydrogen (secondary N) is 2. The first-order valence-corrected chi connectivity index (χ1v) is 7.98. The summed E-state index contributed by atoms with van der Waals surface area (Å²) in [7, 11) is 3.55. The summed E-state index contributed by atoms with van der Waals surface area (Å²) in [5.74, 6) is 1.02. The molecule has 0 spiro atoms. The van der Waals surface area contributed by atoms with Gasteiger partial charge in [0.1, 0.15) is 19.3 Å². The van der Waals surface area contributed by atoms with Crippen LogP contribution in [0.3, 0.4) is 0 Å². The second-order valence-corrected chi connectivity index (χ2v) is 5.90. The average molecular weight is 387 g/mol. The number of ether oxygens (including phenoxy) is 2. The molecule has 0 aliphatic carbocycles. The molecule has 1 aliphatic heterocycles. The monoisotopic (exact) mass is 386 g/mol. The van der Waals surface area contributed by atoms with Gasteiger partial charge < -0.3 is 20.1 Å². The Balaban J connectivity index is 0.00000225. The van der Waals surface area contributed by atoms with Crippen molar-refractivity contribution < 1.29 is 14.3 Å². The van der Waals surface area contributed by atoms with Crippen LogP contribution in [0.25, 0.3) is 0 Å². The molecule has 0 radical (unpaired) electrons. The van der Waals surface area contributed by atoms with Crippen LogP contribution in [-0.4, -0.2) is 35.9 Å². The molecule has 1 aromatic carbocycles. The molecule has 1 atom stereocenters. The van der Waals surface area contributed by atoms with Crippen molar-refractivity contribution in [2.75, 3.05) is 20.3 Å². The first kappa shape index (κ1) is 19.4. The van der Waals surface area contributed by atoms with E-state index in [2.05, 4.69) is 15.7 Å². The summed E-state index contributed by atoms with van der Waals surface area (Å²) in [6, 6.07) is 3.14. The standard InChI is InChI=1S/C16H19ClN4O3.ClH/c1-18-14(11-8-20-21(2)9-11)16(22)19-7-10-5-12(17)15-13(6-10)23-3-4-24-15;/h5-6,8-9,14,18H,3-4,7H2,1-2H3,(H,19,22);1H. The molecule has 3 rings (SSSR count). The van der Waals surface area contributed by atoms with Crippen LogP contribution in [0.4, 0.5) is 0 Å². The zero-order valence-electron chi connectivity index (χ0n) is 13.9. The fraction of sp³-hybridized carbons (Fsp3) is 0.375. The second-order valence-electron chi connectivity index (χ2n) is 5.49. The molecule has 0 bridgehead atoms. The minimum Gasteiger partial charge on any atom is -0.486 e. The van der Waals surface area contributed by atoms with Crippen LogP contribution in [0.5, 0.6) is 11.5 Å². The smallest absolute Gasteiger partial charge is 0.242 e. The molecule has 136 valence electrons. The Bertz CT molecular complexity index is 751. The molecule has 1 aromatic heterocycles. The van der Waals surface area contributed by atoms with Crippen molar-refractivity contribution in [1.82, 2.24) is 20.4 Å². The molecule has 1 aliphatic rings. The maximum Gasteiger partial charge on any atom is 0.242 e. The van der Waals surface area contributed by atoms with E-state index in [0.717, 1.165) is 11.1 Å². The maximum atomic E-state index is 12.4. The van der Waals surface area contributed by atoms with Crippen LogP contribution in [-0.2, 0) is 18.4 Å². The van der Waals surface area contributed by atoms with E-state index in [9.17, 15) is 4.79 Å². The lowest BCUT2D eigenvalue weighted by atomic mass is 10.1. The average Bonchev–Trinajstić information content (AvgIpc) is 3.00. The van der Waals surface area contributed by atoms with Crippen molar-refractivity contribution in [2.24, 2.45) is 7.05 Å². The van der Waals surface area contributed by atoms with Crippen LogP contribution in [0, 0.1) is 0 Å². The highest BCUT2D eigenvalue weighted by Crippen LogP contribution is 2.38. The maximum absolute atomic E-state index is 12.4. The molecule has 1 unspecified atom stereocenters. The van der Waals surface area contributed by atoms with Crippen LogP contribution < -0.4 is 20.1 Å². The van der Waals surface area contributed by atoms with Gasteiger partial charge in [0.25, 0.3) is 0 Å². The Morgan fingerprint density at radius 1 is 1.40 bits per heavy atom. The third-order valence-corrected chi connectivity index (χ3v) is 4.01. The number of hydrogen-bond donors (Lipinski definition) is 2. The van der Waals surface area contributed by atoms with Gasteiger partial charge >= 0.3 is 0 Å². The predicted octanol–water partition coefficient (Wildman–Crippen LogP) is 1.84. The first-order chi connectivity index (χ1) is 11.6. The highest BCUT2D eigenvalue weighted by Gasteiger charge is 2.21. The summed E-state index contributed by atoms with van der Waals surface area (Å²) in [5.41, 5.74) is 1.65. The van der Waals surface area contributed by atoms with Crippen LogP contribution >= 0.6 is 24.0 Å². The summed E-state index contributed by atoms with van der Waals surface area (Å²) in [6.45, 7) is 1.31. The van der Waals surface area contributed by atoms with Gasteiger partial charge in [0, 0.05) is 25.4 Å². The molecule has 0 fully saturated rings. The number of amides is 1. The van der Waals surface area contributed by atoms with E-state index < -0.39 is 6.04 Å². The van der Waals surface area contributed by atoms with Crippen molar-refractivity contribution in [2.45, 2.75) is 12.6 Å². The molecule has 7 nitrogen and oxygen atoms in total.